The number of nitrogens with zero attached hydrogens (tertiary/aromatic N) is 2. The number of hydrogen-bond donors (Lipinski definition) is 1. The zero-order chi connectivity index (χ0) is 18.7. The molecule has 1 aromatic carbocycles. The Morgan fingerprint density at radius 1 is 1.42 bits per heavy atom. The molecule has 0 unspecified atom stereocenters. The van der Waals surface area contributed by atoms with Crippen LogP contribution in [0.3, 0.4) is 0 Å². The molecule has 7 nitrogen and oxygen atoms in total. The molecule has 0 fully saturated rings. The first kappa shape index (κ1) is 18.3. The third kappa shape index (κ3) is 3.55. The number of amides is 1. The highest BCUT2D eigenvalue weighted by Crippen LogP contribution is 2.45. The lowest BCUT2D eigenvalue weighted by molar-refractivity contribution is -0.144. The second kappa shape index (κ2) is 7.82. The second-order valence-corrected chi connectivity index (χ2v) is 6.88. The van der Waals surface area contributed by atoms with E-state index in [0.29, 0.717) is 18.2 Å². The predicted molar refractivity (Wildman–Crippen MR) is 99.5 cm³/mol. The van der Waals surface area contributed by atoms with Crippen molar-refractivity contribution in [3.63, 3.8) is 0 Å². The van der Waals surface area contributed by atoms with E-state index in [0.717, 1.165) is 22.6 Å². The summed E-state index contributed by atoms with van der Waals surface area (Å²) in [7, 11) is 1.63. The smallest absolute Gasteiger partial charge is 0.327 e. The average molecular weight is 375 g/mol. The molecule has 0 saturated carbocycles. The Kier molecular flexibility index (Phi) is 5.51. The minimum absolute atomic E-state index is 0.0480. The van der Waals surface area contributed by atoms with Crippen LogP contribution in [-0.2, 0) is 20.9 Å². The van der Waals surface area contributed by atoms with Crippen molar-refractivity contribution in [3.05, 3.63) is 41.1 Å². The van der Waals surface area contributed by atoms with Crippen LogP contribution in [0.4, 0.5) is 5.82 Å². The van der Waals surface area contributed by atoms with Crippen LogP contribution in [0.1, 0.15) is 29.0 Å². The van der Waals surface area contributed by atoms with Gasteiger partial charge in [0.15, 0.2) is 0 Å². The van der Waals surface area contributed by atoms with Gasteiger partial charge >= 0.3 is 5.97 Å². The Bertz CT molecular complexity index is 834. The molecule has 3 rings (SSSR count). The maximum absolute atomic E-state index is 12.2. The van der Waals surface area contributed by atoms with Crippen LogP contribution in [0.15, 0.2) is 24.3 Å². The van der Waals surface area contributed by atoms with Crippen molar-refractivity contribution >= 4 is 29.5 Å². The van der Waals surface area contributed by atoms with Crippen molar-refractivity contribution in [2.24, 2.45) is 0 Å². The Balaban J connectivity index is 2.08. The lowest BCUT2D eigenvalue weighted by Gasteiger charge is -2.18. The molecule has 0 bridgehead atoms. The minimum atomic E-state index is -0.391. The molecular formula is C18H21N3O4S. The van der Waals surface area contributed by atoms with Gasteiger partial charge in [0.25, 0.3) is 0 Å². The summed E-state index contributed by atoms with van der Waals surface area (Å²) in [6.45, 7) is 3.88. The molecule has 26 heavy (non-hydrogen) atoms. The molecule has 8 heteroatoms. The van der Waals surface area contributed by atoms with Gasteiger partial charge < -0.3 is 14.8 Å². The SMILES string of the molecule is CCOC(=O)Cn1nc(C)c2c1NC(=O)CS[C@H]2c1ccccc1OC. The topological polar surface area (TPSA) is 82.5 Å². The van der Waals surface area contributed by atoms with Crippen molar-refractivity contribution in [1.82, 2.24) is 9.78 Å². The molecule has 0 spiro atoms. The number of carbonyl (C=O) groups excluding carboxylic acids is 2. The van der Waals surface area contributed by atoms with Crippen molar-refractivity contribution in [3.8, 4) is 5.75 Å². The fraction of sp³-hybridized carbons (Fsp3) is 0.389. The molecule has 0 saturated heterocycles. The predicted octanol–water partition coefficient (Wildman–Crippen LogP) is 2.54. The van der Waals surface area contributed by atoms with E-state index in [-0.39, 0.29) is 17.7 Å². The Hall–Kier alpha value is -2.48. The Morgan fingerprint density at radius 2 is 2.19 bits per heavy atom. The maximum Gasteiger partial charge on any atom is 0.327 e. The summed E-state index contributed by atoms with van der Waals surface area (Å²) in [5.74, 6) is 1.08. The number of rotatable bonds is 5. The molecular weight excluding hydrogens is 354 g/mol. The quantitative estimate of drug-likeness (QED) is 0.809. The van der Waals surface area contributed by atoms with Gasteiger partial charge in [0.1, 0.15) is 18.1 Å². The fourth-order valence-electron chi connectivity index (χ4n) is 3.02. The van der Waals surface area contributed by atoms with Gasteiger partial charge in [0, 0.05) is 11.1 Å². The van der Waals surface area contributed by atoms with E-state index in [2.05, 4.69) is 10.4 Å². The van der Waals surface area contributed by atoms with Gasteiger partial charge in [-0.15, -0.1) is 11.8 Å². The number of anilines is 1. The van der Waals surface area contributed by atoms with Crippen molar-refractivity contribution in [2.45, 2.75) is 25.6 Å². The van der Waals surface area contributed by atoms with Gasteiger partial charge in [-0.25, -0.2) is 4.68 Å². The Morgan fingerprint density at radius 3 is 2.92 bits per heavy atom. The highest BCUT2D eigenvalue weighted by molar-refractivity contribution is 8.00. The Labute approximate surface area is 156 Å². The number of methoxy groups -OCH3 is 1. The number of thioether (sulfide) groups is 1. The molecule has 2 aromatic rings. The van der Waals surface area contributed by atoms with E-state index in [1.54, 1.807) is 14.0 Å². The molecule has 1 atom stereocenters. The van der Waals surface area contributed by atoms with Crippen LogP contribution in [0.25, 0.3) is 0 Å². The van der Waals surface area contributed by atoms with E-state index in [9.17, 15) is 9.59 Å². The normalized spacial score (nSPS) is 16.4. The van der Waals surface area contributed by atoms with E-state index in [1.165, 1.54) is 16.4 Å². The zero-order valence-electron chi connectivity index (χ0n) is 14.9. The van der Waals surface area contributed by atoms with Crippen LogP contribution >= 0.6 is 11.8 Å². The lowest BCUT2D eigenvalue weighted by atomic mass is 10.0. The number of esters is 1. The van der Waals surface area contributed by atoms with Gasteiger partial charge in [-0.1, -0.05) is 18.2 Å². The summed E-state index contributed by atoms with van der Waals surface area (Å²) in [5.41, 5.74) is 2.61. The fourth-order valence-corrected chi connectivity index (χ4v) is 4.24. The summed E-state index contributed by atoms with van der Waals surface area (Å²) in [5, 5.41) is 7.23. The maximum atomic E-state index is 12.2. The van der Waals surface area contributed by atoms with Crippen molar-refractivity contribution in [2.75, 3.05) is 24.8 Å². The van der Waals surface area contributed by atoms with Crippen LogP contribution < -0.4 is 10.1 Å². The number of carbonyl (C=O) groups is 2. The number of nitrogens with one attached hydrogen (secondary N) is 1. The van der Waals surface area contributed by atoms with Crippen molar-refractivity contribution < 1.29 is 19.1 Å². The first-order valence-corrected chi connectivity index (χ1v) is 9.37. The summed E-state index contributed by atoms with van der Waals surface area (Å²) < 4.78 is 12.0. The van der Waals surface area contributed by atoms with Gasteiger partial charge in [-0.05, 0) is 19.9 Å². The molecule has 2 heterocycles. The summed E-state index contributed by atoms with van der Waals surface area (Å²) in [6, 6.07) is 7.73. The molecule has 0 radical (unpaired) electrons. The number of benzene rings is 1. The van der Waals surface area contributed by atoms with Crippen molar-refractivity contribution in [1.29, 1.82) is 0 Å². The van der Waals surface area contributed by atoms with Crippen LogP contribution in [0.2, 0.25) is 0 Å². The molecule has 1 amide bonds. The van der Waals surface area contributed by atoms with E-state index >= 15 is 0 Å². The second-order valence-electron chi connectivity index (χ2n) is 5.79. The molecule has 1 aromatic heterocycles. The molecule has 1 aliphatic heterocycles. The molecule has 1 N–H and O–H groups in total. The average Bonchev–Trinajstić information content (AvgIpc) is 2.80. The third-order valence-electron chi connectivity index (χ3n) is 4.08. The minimum Gasteiger partial charge on any atom is -0.496 e. The number of hydrogen-bond acceptors (Lipinski definition) is 6. The van der Waals surface area contributed by atoms with Gasteiger partial charge in [0.2, 0.25) is 5.91 Å². The largest absolute Gasteiger partial charge is 0.496 e. The van der Waals surface area contributed by atoms with E-state index < -0.39 is 5.97 Å². The van der Waals surface area contributed by atoms with E-state index in [1.807, 2.05) is 31.2 Å². The van der Waals surface area contributed by atoms with Gasteiger partial charge in [-0.2, -0.15) is 5.10 Å². The van der Waals surface area contributed by atoms with Gasteiger partial charge in [0.05, 0.1) is 30.4 Å². The van der Waals surface area contributed by atoms with Crippen LogP contribution in [-0.4, -0.2) is 41.1 Å². The number of aromatic nitrogens is 2. The lowest BCUT2D eigenvalue weighted by Crippen LogP contribution is -2.20. The van der Waals surface area contributed by atoms with Gasteiger partial charge in [-0.3, -0.25) is 9.59 Å². The summed E-state index contributed by atoms with van der Waals surface area (Å²) in [6.07, 6.45) is 0. The zero-order valence-corrected chi connectivity index (χ0v) is 15.8. The number of fused-ring (bicyclic) bond motifs is 1. The third-order valence-corrected chi connectivity index (χ3v) is 5.33. The number of aryl methyl sites for hydroxylation is 1. The molecule has 1 aliphatic rings. The summed E-state index contributed by atoms with van der Waals surface area (Å²) in [4.78, 5) is 24.1. The number of para-hydroxylation sites is 1. The highest BCUT2D eigenvalue weighted by atomic mass is 32.2. The van der Waals surface area contributed by atoms with Crippen LogP contribution in [0.5, 0.6) is 5.75 Å². The highest BCUT2D eigenvalue weighted by Gasteiger charge is 2.32. The van der Waals surface area contributed by atoms with E-state index in [4.69, 9.17) is 9.47 Å². The van der Waals surface area contributed by atoms with Crippen LogP contribution in [0, 0.1) is 6.92 Å². The monoisotopic (exact) mass is 375 g/mol. The standard InChI is InChI=1S/C18H21N3O4S/c1-4-25-15(23)9-21-18-16(11(2)20-21)17(26-10-14(22)19-18)12-7-5-6-8-13(12)24-3/h5-8,17H,4,9-10H2,1-3H3,(H,19,22)/t17-/m0/s1. The molecule has 138 valence electrons. The first-order valence-electron chi connectivity index (χ1n) is 8.32. The number of ether oxygens (including phenoxy) is 2. The first-order chi connectivity index (χ1) is 12.5. The molecule has 0 aliphatic carbocycles. The summed E-state index contributed by atoms with van der Waals surface area (Å²) >= 11 is 1.51.